The number of carbonyl (C=O) groups is 1. The summed E-state index contributed by atoms with van der Waals surface area (Å²) in [4.78, 5) is 12.1. The highest BCUT2D eigenvalue weighted by Crippen LogP contribution is 2.24. The highest BCUT2D eigenvalue weighted by molar-refractivity contribution is 5.94. The second kappa shape index (κ2) is 6.30. The van der Waals surface area contributed by atoms with E-state index in [9.17, 15) is 9.18 Å². The zero-order valence-electron chi connectivity index (χ0n) is 13.5. The lowest BCUT2D eigenvalue weighted by atomic mass is 9.86. The minimum absolute atomic E-state index is 0.105. The molecule has 2 aromatic rings. The minimum Gasteiger partial charge on any atom is -0.346 e. The standard InChI is InChI=1S/C19H22FNO/c1-13(14-5-9-16(10-6-14)19(2,3)4)21-18(22)15-7-11-17(20)12-8-15/h5-13H,1-4H3,(H,21,22). The van der Waals surface area contributed by atoms with Gasteiger partial charge in [-0.2, -0.15) is 0 Å². The molecule has 1 unspecified atom stereocenters. The first-order valence-corrected chi connectivity index (χ1v) is 7.44. The van der Waals surface area contributed by atoms with Gasteiger partial charge in [-0.15, -0.1) is 0 Å². The molecule has 1 N–H and O–H groups in total. The van der Waals surface area contributed by atoms with Crippen molar-refractivity contribution in [2.45, 2.75) is 39.2 Å². The fourth-order valence-corrected chi connectivity index (χ4v) is 2.24. The first-order valence-electron chi connectivity index (χ1n) is 7.44. The number of hydrogen-bond donors (Lipinski definition) is 1. The van der Waals surface area contributed by atoms with E-state index in [-0.39, 0.29) is 23.2 Å². The van der Waals surface area contributed by atoms with Crippen molar-refractivity contribution in [2.75, 3.05) is 0 Å². The highest BCUT2D eigenvalue weighted by atomic mass is 19.1. The third kappa shape index (κ3) is 3.94. The largest absolute Gasteiger partial charge is 0.346 e. The molecule has 1 atom stereocenters. The van der Waals surface area contributed by atoms with Gasteiger partial charge in [0.2, 0.25) is 0 Å². The summed E-state index contributed by atoms with van der Waals surface area (Å²) in [7, 11) is 0. The summed E-state index contributed by atoms with van der Waals surface area (Å²) >= 11 is 0. The van der Waals surface area contributed by atoms with Gasteiger partial charge in [0.25, 0.3) is 5.91 Å². The van der Waals surface area contributed by atoms with Crippen LogP contribution < -0.4 is 5.32 Å². The van der Waals surface area contributed by atoms with Gasteiger partial charge in [0.1, 0.15) is 5.82 Å². The van der Waals surface area contributed by atoms with E-state index >= 15 is 0 Å². The Balaban J connectivity index is 2.07. The normalized spacial score (nSPS) is 12.8. The number of carbonyl (C=O) groups excluding carboxylic acids is 1. The molecule has 0 saturated heterocycles. The summed E-state index contributed by atoms with van der Waals surface area (Å²) in [6.07, 6.45) is 0. The Bertz CT molecular complexity index is 639. The van der Waals surface area contributed by atoms with Gasteiger partial charge >= 0.3 is 0 Å². The van der Waals surface area contributed by atoms with Gasteiger partial charge in [0, 0.05) is 5.56 Å². The minimum atomic E-state index is -0.345. The molecule has 1 amide bonds. The molecule has 0 fully saturated rings. The van der Waals surface area contributed by atoms with Crippen molar-refractivity contribution in [1.29, 1.82) is 0 Å². The lowest BCUT2D eigenvalue weighted by molar-refractivity contribution is 0.0940. The number of amides is 1. The molecule has 0 heterocycles. The van der Waals surface area contributed by atoms with Gasteiger partial charge in [-0.05, 0) is 47.7 Å². The van der Waals surface area contributed by atoms with Gasteiger partial charge in [0.05, 0.1) is 6.04 Å². The summed E-state index contributed by atoms with van der Waals surface area (Å²) in [6, 6.07) is 13.7. The van der Waals surface area contributed by atoms with Gasteiger partial charge in [0.15, 0.2) is 0 Å². The Labute approximate surface area is 131 Å². The van der Waals surface area contributed by atoms with Crippen LogP contribution in [0.5, 0.6) is 0 Å². The summed E-state index contributed by atoms with van der Waals surface area (Å²) in [6.45, 7) is 8.44. The van der Waals surface area contributed by atoms with E-state index in [2.05, 4.69) is 38.2 Å². The zero-order valence-corrected chi connectivity index (χ0v) is 13.5. The van der Waals surface area contributed by atoms with E-state index in [4.69, 9.17) is 0 Å². The monoisotopic (exact) mass is 299 g/mol. The maximum atomic E-state index is 12.9. The number of nitrogens with one attached hydrogen (secondary N) is 1. The fraction of sp³-hybridized carbons (Fsp3) is 0.316. The van der Waals surface area contributed by atoms with Crippen molar-refractivity contribution in [2.24, 2.45) is 0 Å². The first kappa shape index (κ1) is 16.2. The molecule has 22 heavy (non-hydrogen) atoms. The van der Waals surface area contributed by atoms with E-state index in [1.54, 1.807) is 0 Å². The molecule has 2 nitrogen and oxygen atoms in total. The lowest BCUT2D eigenvalue weighted by Crippen LogP contribution is -2.26. The summed E-state index contributed by atoms with van der Waals surface area (Å²) < 4.78 is 12.9. The van der Waals surface area contributed by atoms with Crippen molar-refractivity contribution in [1.82, 2.24) is 5.32 Å². The number of halogens is 1. The number of hydrogen-bond acceptors (Lipinski definition) is 1. The van der Waals surface area contributed by atoms with Crippen LogP contribution in [0.15, 0.2) is 48.5 Å². The Hall–Kier alpha value is -2.16. The maximum absolute atomic E-state index is 12.9. The number of rotatable bonds is 3. The molecular weight excluding hydrogens is 277 g/mol. The summed E-state index contributed by atoms with van der Waals surface area (Å²) in [5, 5.41) is 2.93. The average Bonchev–Trinajstić information content (AvgIpc) is 2.47. The molecule has 0 aliphatic heterocycles. The van der Waals surface area contributed by atoms with Crippen LogP contribution in [0.4, 0.5) is 4.39 Å². The second-order valence-electron chi connectivity index (χ2n) is 6.57. The molecule has 0 radical (unpaired) electrons. The maximum Gasteiger partial charge on any atom is 0.251 e. The topological polar surface area (TPSA) is 29.1 Å². The molecule has 0 spiro atoms. The molecule has 0 aromatic heterocycles. The van der Waals surface area contributed by atoms with Gasteiger partial charge in [-0.1, -0.05) is 45.0 Å². The molecule has 0 aliphatic rings. The lowest BCUT2D eigenvalue weighted by Gasteiger charge is -2.20. The predicted molar refractivity (Wildman–Crippen MR) is 87.4 cm³/mol. The van der Waals surface area contributed by atoms with Crippen molar-refractivity contribution in [3.8, 4) is 0 Å². The summed E-state index contributed by atoms with van der Waals surface area (Å²) in [5.74, 6) is -0.547. The average molecular weight is 299 g/mol. The molecule has 0 saturated carbocycles. The third-order valence-electron chi connectivity index (χ3n) is 3.73. The third-order valence-corrected chi connectivity index (χ3v) is 3.73. The van der Waals surface area contributed by atoms with Crippen molar-refractivity contribution in [3.63, 3.8) is 0 Å². The van der Waals surface area contributed by atoms with E-state index in [0.717, 1.165) is 5.56 Å². The molecular formula is C19H22FNO. The number of benzene rings is 2. The second-order valence-corrected chi connectivity index (χ2v) is 6.57. The molecule has 116 valence electrons. The fourth-order valence-electron chi connectivity index (χ4n) is 2.24. The zero-order chi connectivity index (χ0) is 16.3. The Morgan fingerprint density at radius 2 is 1.55 bits per heavy atom. The van der Waals surface area contributed by atoms with E-state index < -0.39 is 0 Å². The molecule has 0 aliphatic carbocycles. The SMILES string of the molecule is CC(NC(=O)c1ccc(F)cc1)c1ccc(C(C)(C)C)cc1. The van der Waals surface area contributed by atoms with Crippen molar-refractivity contribution < 1.29 is 9.18 Å². The van der Waals surface area contributed by atoms with Crippen LogP contribution >= 0.6 is 0 Å². The molecule has 2 rings (SSSR count). The highest BCUT2D eigenvalue weighted by Gasteiger charge is 2.15. The van der Waals surface area contributed by atoms with E-state index in [1.807, 2.05) is 19.1 Å². The van der Waals surface area contributed by atoms with E-state index in [0.29, 0.717) is 5.56 Å². The molecule has 2 aromatic carbocycles. The van der Waals surface area contributed by atoms with Crippen LogP contribution in [-0.2, 0) is 5.41 Å². The van der Waals surface area contributed by atoms with Crippen LogP contribution in [0.3, 0.4) is 0 Å². The van der Waals surface area contributed by atoms with Crippen LogP contribution in [0.1, 0.15) is 55.2 Å². The van der Waals surface area contributed by atoms with Crippen LogP contribution in [0, 0.1) is 5.82 Å². The quantitative estimate of drug-likeness (QED) is 0.880. The van der Waals surface area contributed by atoms with Gasteiger partial charge in [-0.3, -0.25) is 4.79 Å². The van der Waals surface area contributed by atoms with Crippen LogP contribution in [0.2, 0.25) is 0 Å². The Morgan fingerprint density at radius 3 is 2.05 bits per heavy atom. The van der Waals surface area contributed by atoms with Gasteiger partial charge < -0.3 is 5.32 Å². The summed E-state index contributed by atoms with van der Waals surface area (Å²) in [5.41, 5.74) is 2.87. The first-order chi connectivity index (χ1) is 10.3. The smallest absolute Gasteiger partial charge is 0.251 e. The van der Waals surface area contributed by atoms with E-state index in [1.165, 1.54) is 29.8 Å². The van der Waals surface area contributed by atoms with Crippen molar-refractivity contribution >= 4 is 5.91 Å². The van der Waals surface area contributed by atoms with Gasteiger partial charge in [-0.25, -0.2) is 4.39 Å². The Morgan fingerprint density at radius 1 is 1.00 bits per heavy atom. The van der Waals surface area contributed by atoms with Crippen molar-refractivity contribution in [3.05, 3.63) is 71.0 Å². The predicted octanol–water partition coefficient (Wildman–Crippen LogP) is 4.61. The Kier molecular flexibility index (Phi) is 4.65. The molecule has 3 heteroatoms. The van der Waals surface area contributed by atoms with Crippen LogP contribution in [0.25, 0.3) is 0 Å². The molecule has 0 bridgehead atoms. The van der Waals surface area contributed by atoms with Crippen LogP contribution in [-0.4, -0.2) is 5.91 Å².